The number of aryl methyl sites for hydroxylation is 2. The Kier molecular flexibility index (Phi) is 5.29. The fraction of sp³-hybridized carbons (Fsp3) is 0.500. The first-order valence-electron chi connectivity index (χ1n) is 10.1. The molecular formula is C22H27FN4O. The Hall–Kier alpha value is -2.50. The minimum Gasteiger partial charge on any atom is -0.353 e. The van der Waals surface area contributed by atoms with Gasteiger partial charge in [-0.1, -0.05) is 18.6 Å². The second kappa shape index (κ2) is 7.86. The van der Waals surface area contributed by atoms with Crippen molar-refractivity contribution in [3.05, 3.63) is 52.7 Å². The molecule has 4 rings (SSSR count). The molecule has 1 saturated carbocycles. The fourth-order valence-corrected chi connectivity index (χ4v) is 4.09. The lowest BCUT2D eigenvalue weighted by Gasteiger charge is -2.39. The summed E-state index contributed by atoms with van der Waals surface area (Å²) in [6.07, 6.45) is 3.86. The van der Waals surface area contributed by atoms with Crippen LogP contribution in [0.4, 0.5) is 10.2 Å². The van der Waals surface area contributed by atoms with Crippen LogP contribution in [-0.2, 0) is 11.2 Å². The van der Waals surface area contributed by atoms with Gasteiger partial charge in [-0.05, 0) is 44.4 Å². The van der Waals surface area contributed by atoms with Gasteiger partial charge < -0.3 is 9.80 Å². The van der Waals surface area contributed by atoms with Crippen molar-refractivity contribution in [2.75, 3.05) is 31.1 Å². The van der Waals surface area contributed by atoms with Crippen molar-refractivity contribution >= 4 is 11.7 Å². The Morgan fingerprint density at radius 2 is 1.89 bits per heavy atom. The smallest absolute Gasteiger partial charge is 0.225 e. The highest BCUT2D eigenvalue weighted by atomic mass is 19.1. The molecule has 0 N–H and O–H groups in total. The maximum Gasteiger partial charge on any atom is 0.225 e. The number of carbonyl (C=O) groups excluding carboxylic acids is 1. The van der Waals surface area contributed by atoms with Gasteiger partial charge in [0.1, 0.15) is 17.5 Å². The standard InChI is InChI=1S/C22H27FN4O/c1-15-20(14-17-5-3-8-19(23)13-17)21(25-16(2)24-15)26-9-11-27(12-10-26)22(28)18-6-4-7-18/h3,5,8,13,18H,4,6-7,9-12,14H2,1-2H3. The molecule has 0 radical (unpaired) electrons. The number of halogens is 1. The van der Waals surface area contributed by atoms with Crippen LogP contribution in [-0.4, -0.2) is 47.0 Å². The summed E-state index contributed by atoms with van der Waals surface area (Å²) in [6, 6.07) is 6.69. The van der Waals surface area contributed by atoms with E-state index >= 15 is 0 Å². The normalized spacial score (nSPS) is 17.5. The number of benzene rings is 1. The summed E-state index contributed by atoms with van der Waals surface area (Å²) in [7, 11) is 0. The van der Waals surface area contributed by atoms with E-state index in [1.807, 2.05) is 24.8 Å². The zero-order valence-corrected chi connectivity index (χ0v) is 16.6. The Bertz CT molecular complexity index is 873. The number of nitrogens with zero attached hydrogens (tertiary/aromatic N) is 4. The van der Waals surface area contributed by atoms with Gasteiger partial charge >= 0.3 is 0 Å². The van der Waals surface area contributed by atoms with Crippen LogP contribution < -0.4 is 4.90 Å². The van der Waals surface area contributed by atoms with Crippen molar-refractivity contribution in [1.82, 2.24) is 14.9 Å². The predicted octanol–water partition coefficient (Wildman–Crippen LogP) is 3.27. The Morgan fingerprint density at radius 1 is 1.14 bits per heavy atom. The van der Waals surface area contributed by atoms with Crippen molar-refractivity contribution in [2.45, 2.75) is 39.5 Å². The summed E-state index contributed by atoms with van der Waals surface area (Å²) in [5.41, 5.74) is 2.88. The second-order valence-corrected chi connectivity index (χ2v) is 7.91. The summed E-state index contributed by atoms with van der Waals surface area (Å²) in [6.45, 7) is 6.89. The fourth-order valence-electron chi connectivity index (χ4n) is 4.09. The summed E-state index contributed by atoms with van der Waals surface area (Å²) in [5, 5.41) is 0. The molecule has 1 aliphatic carbocycles. The van der Waals surface area contributed by atoms with Crippen molar-refractivity contribution in [3.63, 3.8) is 0 Å². The van der Waals surface area contributed by atoms with E-state index in [9.17, 15) is 9.18 Å². The summed E-state index contributed by atoms with van der Waals surface area (Å²) >= 11 is 0. The van der Waals surface area contributed by atoms with E-state index in [0.717, 1.165) is 67.5 Å². The molecule has 1 aromatic carbocycles. The largest absolute Gasteiger partial charge is 0.353 e. The average molecular weight is 382 g/mol. The maximum absolute atomic E-state index is 13.6. The highest BCUT2D eigenvalue weighted by Crippen LogP contribution is 2.30. The lowest BCUT2D eigenvalue weighted by atomic mass is 9.84. The molecule has 1 amide bonds. The lowest BCUT2D eigenvalue weighted by molar-refractivity contribution is -0.138. The Labute approximate surface area is 165 Å². The molecule has 2 heterocycles. The number of piperazine rings is 1. The van der Waals surface area contributed by atoms with Gasteiger partial charge in [0, 0.05) is 49.8 Å². The van der Waals surface area contributed by atoms with E-state index in [-0.39, 0.29) is 11.7 Å². The van der Waals surface area contributed by atoms with Crippen LogP contribution >= 0.6 is 0 Å². The van der Waals surface area contributed by atoms with Crippen LogP contribution in [0, 0.1) is 25.6 Å². The van der Waals surface area contributed by atoms with Gasteiger partial charge in [0.2, 0.25) is 5.91 Å². The van der Waals surface area contributed by atoms with Gasteiger partial charge in [-0.2, -0.15) is 0 Å². The number of hydrogen-bond acceptors (Lipinski definition) is 4. The molecule has 0 bridgehead atoms. The van der Waals surface area contributed by atoms with Crippen molar-refractivity contribution in [1.29, 1.82) is 0 Å². The molecular weight excluding hydrogens is 355 g/mol. The van der Waals surface area contributed by atoms with E-state index in [1.165, 1.54) is 12.5 Å². The molecule has 0 unspecified atom stereocenters. The zero-order valence-electron chi connectivity index (χ0n) is 16.6. The van der Waals surface area contributed by atoms with E-state index in [0.29, 0.717) is 12.3 Å². The minimum absolute atomic E-state index is 0.229. The number of hydrogen-bond donors (Lipinski definition) is 0. The van der Waals surface area contributed by atoms with Gasteiger partial charge in [0.15, 0.2) is 0 Å². The van der Waals surface area contributed by atoms with Crippen LogP contribution in [0.2, 0.25) is 0 Å². The predicted molar refractivity (Wildman–Crippen MR) is 107 cm³/mol. The first-order valence-corrected chi connectivity index (χ1v) is 10.1. The molecule has 1 aliphatic heterocycles. The Morgan fingerprint density at radius 3 is 2.54 bits per heavy atom. The summed E-state index contributed by atoms with van der Waals surface area (Å²) in [5.74, 6) is 2.00. The van der Waals surface area contributed by atoms with Gasteiger partial charge in [-0.15, -0.1) is 0 Å². The third kappa shape index (κ3) is 3.86. The molecule has 0 spiro atoms. The highest BCUT2D eigenvalue weighted by molar-refractivity contribution is 5.80. The number of anilines is 1. The summed E-state index contributed by atoms with van der Waals surface area (Å²) in [4.78, 5) is 26.0. The monoisotopic (exact) mass is 382 g/mol. The van der Waals surface area contributed by atoms with E-state index in [4.69, 9.17) is 4.98 Å². The average Bonchev–Trinajstić information content (AvgIpc) is 2.62. The molecule has 2 aliphatic rings. The lowest BCUT2D eigenvalue weighted by Crippen LogP contribution is -2.51. The third-order valence-electron chi connectivity index (χ3n) is 5.92. The van der Waals surface area contributed by atoms with E-state index < -0.39 is 0 Å². The molecule has 0 atom stereocenters. The van der Waals surface area contributed by atoms with Crippen LogP contribution in [0.3, 0.4) is 0 Å². The SMILES string of the molecule is Cc1nc(C)c(Cc2cccc(F)c2)c(N2CCN(C(=O)C3CCC3)CC2)n1. The maximum atomic E-state index is 13.6. The molecule has 5 nitrogen and oxygen atoms in total. The number of amides is 1. The van der Waals surface area contributed by atoms with Crippen molar-refractivity contribution < 1.29 is 9.18 Å². The molecule has 2 fully saturated rings. The van der Waals surface area contributed by atoms with Gasteiger partial charge in [-0.25, -0.2) is 14.4 Å². The zero-order chi connectivity index (χ0) is 19.7. The second-order valence-electron chi connectivity index (χ2n) is 7.91. The van der Waals surface area contributed by atoms with Gasteiger partial charge in [0.05, 0.1) is 0 Å². The highest BCUT2D eigenvalue weighted by Gasteiger charge is 2.32. The third-order valence-corrected chi connectivity index (χ3v) is 5.92. The molecule has 28 heavy (non-hydrogen) atoms. The van der Waals surface area contributed by atoms with E-state index in [1.54, 1.807) is 12.1 Å². The number of rotatable bonds is 4. The molecule has 2 aromatic rings. The molecule has 1 saturated heterocycles. The topological polar surface area (TPSA) is 49.3 Å². The first-order chi connectivity index (χ1) is 13.5. The van der Waals surface area contributed by atoms with Crippen molar-refractivity contribution in [2.24, 2.45) is 5.92 Å². The van der Waals surface area contributed by atoms with Crippen LogP contribution in [0.25, 0.3) is 0 Å². The van der Waals surface area contributed by atoms with Crippen LogP contribution in [0.1, 0.15) is 41.9 Å². The summed E-state index contributed by atoms with van der Waals surface area (Å²) < 4.78 is 13.6. The van der Waals surface area contributed by atoms with Crippen molar-refractivity contribution in [3.8, 4) is 0 Å². The minimum atomic E-state index is -0.229. The Balaban J connectivity index is 1.53. The molecule has 1 aromatic heterocycles. The number of carbonyl (C=O) groups is 1. The molecule has 148 valence electrons. The van der Waals surface area contributed by atoms with Gasteiger partial charge in [0.25, 0.3) is 0 Å². The van der Waals surface area contributed by atoms with E-state index in [2.05, 4.69) is 9.88 Å². The quantitative estimate of drug-likeness (QED) is 0.814. The molecule has 6 heteroatoms. The number of aromatic nitrogens is 2. The van der Waals surface area contributed by atoms with Gasteiger partial charge in [-0.3, -0.25) is 4.79 Å². The van der Waals surface area contributed by atoms with Crippen LogP contribution in [0.5, 0.6) is 0 Å². The van der Waals surface area contributed by atoms with Crippen LogP contribution in [0.15, 0.2) is 24.3 Å². The first kappa shape index (κ1) is 18.8.